The first-order valence-electron chi connectivity index (χ1n) is 7.68. The molecule has 134 valence electrons. The number of hydrogen-bond donors (Lipinski definition) is 1. The minimum atomic E-state index is -4.66. The van der Waals surface area contributed by atoms with Crippen molar-refractivity contribution < 1.29 is 22.5 Å². The first-order valence-corrected chi connectivity index (χ1v) is 7.68. The molecule has 3 rings (SSSR count). The number of carbonyl (C=O) groups excluding carboxylic acids is 1. The normalized spacial score (nSPS) is 11.4. The molecule has 3 aromatic rings. The summed E-state index contributed by atoms with van der Waals surface area (Å²) in [6, 6.07) is 13.8. The SMILES string of the molecule is Cc1ccc(NC(=O)c2ccc(Cc3noc(C(F)(F)F)n3)cc2)cc1. The maximum atomic E-state index is 12.4. The van der Waals surface area contributed by atoms with Crippen molar-refractivity contribution in [1.82, 2.24) is 10.1 Å². The van der Waals surface area contributed by atoms with E-state index in [0.29, 0.717) is 16.8 Å². The second-order valence-electron chi connectivity index (χ2n) is 5.71. The number of halogens is 3. The van der Waals surface area contributed by atoms with Crippen LogP contribution in [0.15, 0.2) is 53.1 Å². The van der Waals surface area contributed by atoms with Crippen LogP contribution in [0.4, 0.5) is 18.9 Å². The summed E-state index contributed by atoms with van der Waals surface area (Å²) in [5.41, 5.74) is 2.85. The number of benzene rings is 2. The summed E-state index contributed by atoms with van der Waals surface area (Å²) < 4.78 is 41.5. The van der Waals surface area contributed by atoms with Crippen molar-refractivity contribution >= 4 is 11.6 Å². The third kappa shape index (κ3) is 4.27. The maximum absolute atomic E-state index is 12.4. The van der Waals surface area contributed by atoms with Gasteiger partial charge in [0.2, 0.25) is 0 Å². The smallest absolute Gasteiger partial charge is 0.329 e. The molecule has 1 aromatic heterocycles. The molecule has 0 bridgehead atoms. The third-order valence-electron chi connectivity index (χ3n) is 3.60. The Kier molecular flexibility index (Phi) is 4.75. The number of alkyl halides is 3. The predicted octanol–water partition coefficient (Wildman–Crippen LogP) is 4.24. The van der Waals surface area contributed by atoms with Crippen LogP contribution in [0.5, 0.6) is 0 Å². The molecule has 0 aliphatic rings. The van der Waals surface area contributed by atoms with Crippen LogP contribution >= 0.6 is 0 Å². The number of nitrogens with zero attached hydrogens (tertiary/aromatic N) is 2. The van der Waals surface area contributed by atoms with Crippen molar-refractivity contribution in [1.29, 1.82) is 0 Å². The van der Waals surface area contributed by atoms with Crippen molar-refractivity contribution in [2.24, 2.45) is 0 Å². The first kappa shape index (κ1) is 17.7. The van der Waals surface area contributed by atoms with Crippen molar-refractivity contribution in [3.05, 3.63) is 76.9 Å². The average molecular weight is 361 g/mol. The molecule has 8 heteroatoms. The van der Waals surface area contributed by atoms with Gasteiger partial charge in [0.25, 0.3) is 5.91 Å². The van der Waals surface area contributed by atoms with Gasteiger partial charge < -0.3 is 9.84 Å². The van der Waals surface area contributed by atoms with Gasteiger partial charge in [-0.05, 0) is 36.8 Å². The highest BCUT2D eigenvalue weighted by Gasteiger charge is 2.38. The zero-order valence-electron chi connectivity index (χ0n) is 13.7. The molecule has 1 heterocycles. The predicted molar refractivity (Wildman–Crippen MR) is 87.7 cm³/mol. The van der Waals surface area contributed by atoms with Gasteiger partial charge in [0.15, 0.2) is 5.82 Å². The first-order chi connectivity index (χ1) is 12.3. The van der Waals surface area contributed by atoms with E-state index < -0.39 is 12.1 Å². The number of nitrogens with one attached hydrogen (secondary N) is 1. The van der Waals surface area contributed by atoms with Crippen LogP contribution in [0, 0.1) is 6.92 Å². The Morgan fingerprint density at radius 3 is 2.31 bits per heavy atom. The second-order valence-corrected chi connectivity index (χ2v) is 5.71. The van der Waals surface area contributed by atoms with Gasteiger partial charge in [0, 0.05) is 17.7 Å². The monoisotopic (exact) mass is 361 g/mol. The molecule has 0 aliphatic carbocycles. The van der Waals surface area contributed by atoms with Gasteiger partial charge in [-0.15, -0.1) is 0 Å². The molecule has 0 spiro atoms. The Hall–Kier alpha value is -3.16. The van der Waals surface area contributed by atoms with Crippen LogP contribution in [0.2, 0.25) is 0 Å². The molecule has 0 atom stereocenters. The fraction of sp³-hybridized carbons (Fsp3) is 0.167. The van der Waals surface area contributed by atoms with E-state index >= 15 is 0 Å². The lowest BCUT2D eigenvalue weighted by Crippen LogP contribution is -2.11. The Bertz CT molecular complexity index is 901. The second kappa shape index (κ2) is 6.99. The van der Waals surface area contributed by atoms with Crippen LogP contribution in [-0.2, 0) is 12.6 Å². The molecule has 1 amide bonds. The number of aryl methyl sites for hydroxylation is 1. The lowest BCUT2D eigenvalue weighted by atomic mass is 10.1. The summed E-state index contributed by atoms with van der Waals surface area (Å²) in [6.07, 6.45) is -4.59. The van der Waals surface area contributed by atoms with Crippen molar-refractivity contribution in [2.75, 3.05) is 5.32 Å². The quantitative estimate of drug-likeness (QED) is 0.755. The molecular formula is C18H14F3N3O2. The van der Waals surface area contributed by atoms with Crippen molar-refractivity contribution in [2.45, 2.75) is 19.5 Å². The number of carbonyl (C=O) groups is 1. The largest absolute Gasteiger partial charge is 0.471 e. The maximum Gasteiger partial charge on any atom is 0.471 e. The standard InChI is InChI=1S/C18H14F3N3O2/c1-11-2-8-14(9-3-11)22-16(25)13-6-4-12(5-7-13)10-15-23-17(26-24-15)18(19,20)21/h2-9H,10H2,1H3,(H,22,25). The van der Waals surface area contributed by atoms with E-state index in [-0.39, 0.29) is 18.2 Å². The molecule has 5 nitrogen and oxygen atoms in total. The van der Waals surface area contributed by atoms with Crippen LogP contribution in [-0.4, -0.2) is 16.0 Å². The topological polar surface area (TPSA) is 68.0 Å². The van der Waals surface area contributed by atoms with E-state index in [0.717, 1.165) is 5.56 Å². The molecule has 0 saturated heterocycles. The highest BCUT2D eigenvalue weighted by atomic mass is 19.4. The molecule has 26 heavy (non-hydrogen) atoms. The fourth-order valence-electron chi connectivity index (χ4n) is 2.24. The van der Waals surface area contributed by atoms with E-state index in [1.807, 2.05) is 19.1 Å². The van der Waals surface area contributed by atoms with E-state index in [2.05, 4.69) is 20.0 Å². The van der Waals surface area contributed by atoms with Gasteiger partial charge in [-0.1, -0.05) is 35.0 Å². The van der Waals surface area contributed by atoms with E-state index in [4.69, 9.17) is 0 Å². The van der Waals surface area contributed by atoms with Crippen LogP contribution in [0.25, 0.3) is 0 Å². The number of anilines is 1. The Morgan fingerprint density at radius 2 is 1.73 bits per heavy atom. The van der Waals surface area contributed by atoms with Crippen molar-refractivity contribution in [3.63, 3.8) is 0 Å². The van der Waals surface area contributed by atoms with Crippen LogP contribution in [0.1, 0.15) is 33.2 Å². The molecule has 2 aromatic carbocycles. The summed E-state index contributed by atoms with van der Waals surface area (Å²) in [6.45, 7) is 1.95. The lowest BCUT2D eigenvalue weighted by Gasteiger charge is -2.06. The summed E-state index contributed by atoms with van der Waals surface area (Å²) in [5.74, 6) is -1.73. The number of hydrogen-bond acceptors (Lipinski definition) is 4. The number of aromatic nitrogens is 2. The Balaban J connectivity index is 1.65. The van der Waals surface area contributed by atoms with Gasteiger partial charge in [0.1, 0.15) is 0 Å². The summed E-state index contributed by atoms with van der Waals surface area (Å²) >= 11 is 0. The van der Waals surface area contributed by atoms with Gasteiger partial charge in [-0.3, -0.25) is 4.79 Å². The molecular weight excluding hydrogens is 347 g/mol. The van der Waals surface area contributed by atoms with Gasteiger partial charge in [-0.25, -0.2) is 0 Å². The average Bonchev–Trinajstić information content (AvgIpc) is 3.06. The van der Waals surface area contributed by atoms with Gasteiger partial charge in [-0.2, -0.15) is 18.2 Å². The summed E-state index contributed by atoms with van der Waals surface area (Å²) in [7, 11) is 0. The minimum absolute atomic E-state index is 0.0689. The van der Waals surface area contributed by atoms with Crippen molar-refractivity contribution in [3.8, 4) is 0 Å². The lowest BCUT2D eigenvalue weighted by molar-refractivity contribution is -0.159. The molecule has 0 aliphatic heterocycles. The molecule has 0 fully saturated rings. The van der Waals surface area contributed by atoms with E-state index in [1.165, 1.54) is 0 Å². The van der Waals surface area contributed by atoms with Crippen LogP contribution in [0.3, 0.4) is 0 Å². The highest BCUT2D eigenvalue weighted by molar-refractivity contribution is 6.04. The van der Waals surface area contributed by atoms with E-state index in [9.17, 15) is 18.0 Å². The fourth-order valence-corrected chi connectivity index (χ4v) is 2.24. The van der Waals surface area contributed by atoms with Gasteiger partial charge >= 0.3 is 12.1 Å². The molecule has 0 radical (unpaired) electrons. The molecule has 1 N–H and O–H groups in total. The highest BCUT2D eigenvalue weighted by Crippen LogP contribution is 2.27. The summed E-state index contributed by atoms with van der Waals surface area (Å²) in [4.78, 5) is 15.5. The zero-order chi connectivity index (χ0) is 18.7. The zero-order valence-corrected chi connectivity index (χ0v) is 13.7. The molecule has 0 saturated carbocycles. The van der Waals surface area contributed by atoms with Gasteiger partial charge in [0.05, 0.1) is 0 Å². The minimum Gasteiger partial charge on any atom is -0.329 e. The Morgan fingerprint density at radius 1 is 1.08 bits per heavy atom. The Labute approximate surface area is 146 Å². The number of amides is 1. The summed E-state index contributed by atoms with van der Waals surface area (Å²) in [5, 5.41) is 6.08. The van der Waals surface area contributed by atoms with E-state index in [1.54, 1.807) is 36.4 Å². The molecule has 0 unspecified atom stereocenters. The van der Waals surface area contributed by atoms with Crippen LogP contribution < -0.4 is 5.32 Å². The third-order valence-corrected chi connectivity index (χ3v) is 3.60. The number of rotatable bonds is 4.